The van der Waals surface area contributed by atoms with E-state index in [4.69, 9.17) is 0 Å². The molecule has 1 aromatic heterocycles. The minimum absolute atomic E-state index is 0.294. The molecule has 0 aromatic carbocycles. The first-order valence-corrected chi connectivity index (χ1v) is 5.00. The Labute approximate surface area is 85.1 Å². The maximum atomic E-state index is 11.5. The van der Waals surface area contributed by atoms with Gasteiger partial charge in [-0.05, 0) is 18.9 Å². The predicted molar refractivity (Wildman–Crippen MR) is 56.1 cm³/mol. The van der Waals surface area contributed by atoms with Gasteiger partial charge in [-0.2, -0.15) is 5.10 Å². The Balaban J connectivity index is 2.60. The van der Waals surface area contributed by atoms with Crippen LogP contribution >= 0.6 is 0 Å². The van der Waals surface area contributed by atoms with Crippen molar-refractivity contribution in [1.29, 1.82) is 0 Å². The SMILES string of the molecule is Cc1cc(CC(=O)CC(C)C)n(C)n1. The Hall–Kier alpha value is -1.12. The number of hydrogen-bond donors (Lipinski definition) is 0. The lowest BCUT2D eigenvalue weighted by Gasteiger charge is -2.03. The summed E-state index contributed by atoms with van der Waals surface area (Å²) in [6, 6.07) is 1.97. The number of carbonyl (C=O) groups excluding carboxylic acids is 1. The molecule has 0 aliphatic rings. The van der Waals surface area contributed by atoms with Crippen LogP contribution in [0.5, 0.6) is 0 Å². The molecule has 0 radical (unpaired) electrons. The molecule has 0 unspecified atom stereocenters. The molecule has 3 nitrogen and oxygen atoms in total. The van der Waals surface area contributed by atoms with Crippen LogP contribution in [0.4, 0.5) is 0 Å². The first-order valence-electron chi connectivity index (χ1n) is 5.00. The van der Waals surface area contributed by atoms with Gasteiger partial charge in [0.15, 0.2) is 0 Å². The number of ketones is 1. The summed E-state index contributed by atoms with van der Waals surface area (Å²) in [4.78, 5) is 11.5. The summed E-state index contributed by atoms with van der Waals surface area (Å²) < 4.78 is 1.79. The largest absolute Gasteiger partial charge is 0.299 e. The second-order valence-corrected chi connectivity index (χ2v) is 4.21. The third-order valence-corrected chi connectivity index (χ3v) is 2.11. The number of aromatic nitrogens is 2. The van der Waals surface area contributed by atoms with E-state index in [1.54, 1.807) is 4.68 Å². The highest BCUT2D eigenvalue weighted by Crippen LogP contribution is 2.07. The lowest BCUT2D eigenvalue weighted by atomic mass is 10.0. The van der Waals surface area contributed by atoms with E-state index in [1.807, 2.05) is 20.0 Å². The van der Waals surface area contributed by atoms with Crippen molar-refractivity contribution in [3.8, 4) is 0 Å². The van der Waals surface area contributed by atoms with Crippen LogP contribution in [0.2, 0.25) is 0 Å². The van der Waals surface area contributed by atoms with E-state index in [2.05, 4.69) is 18.9 Å². The highest BCUT2D eigenvalue weighted by atomic mass is 16.1. The Morgan fingerprint density at radius 3 is 2.64 bits per heavy atom. The summed E-state index contributed by atoms with van der Waals surface area (Å²) in [5, 5.41) is 4.21. The Kier molecular flexibility index (Phi) is 3.44. The van der Waals surface area contributed by atoms with Gasteiger partial charge in [0.1, 0.15) is 5.78 Å². The molecule has 1 heterocycles. The number of nitrogens with zero attached hydrogens (tertiary/aromatic N) is 2. The monoisotopic (exact) mass is 194 g/mol. The van der Waals surface area contributed by atoms with Crippen molar-refractivity contribution < 1.29 is 4.79 Å². The zero-order valence-electron chi connectivity index (χ0n) is 9.37. The third kappa shape index (κ3) is 2.98. The second-order valence-electron chi connectivity index (χ2n) is 4.21. The van der Waals surface area contributed by atoms with E-state index in [1.165, 1.54) is 0 Å². The molecule has 0 N–H and O–H groups in total. The van der Waals surface area contributed by atoms with E-state index in [0.717, 1.165) is 11.4 Å². The van der Waals surface area contributed by atoms with Gasteiger partial charge in [-0.25, -0.2) is 0 Å². The van der Waals surface area contributed by atoms with Crippen molar-refractivity contribution in [1.82, 2.24) is 9.78 Å². The molecular formula is C11H18N2O. The van der Waals surface area contributed by atoms with Gasteiger partial charge < -0.3 is 0 Å². The van der Waals surface area contributed by atoms with Crippen LogP contribution in [0.3, 0.4) is 0 Å². The summed E-state index contributed by atoms with van der Waals surface area (Å²) in [6.45, 7) is 6.06. The lowest BCUT2D eigenvalue weighted by Crippen LogP contribution is -2.09. The van der Waals surface area contributed by atoms with Crippen molar-refractivity contribution in [2.75, 3.05) is 0 Å². The quantitative estimate of drug-likeness (QED) is 0.733. The first-order chi connectivity index (χ1) is 6.49. The van der Waals surface area contributed by atoms with Crippen LogP contribution in [-0.2, 0) is 18.3 Å². The molecule has 0 aliphatic heterocycles. The second kappa shape index (κ2) is 4.40. The smallest absolute Gasteiger partial charge is 0.139 e. The fourth-order valence-corrected chi connectivity index (χ4v) is 1.56. The molecular weight excluding hydrogens is 176 g/mol. The summed E-state index contributed by atoms with van der Waals surface area (Å²) in [7, 11) is 1.88. The fourth-order valence-electron chi connectivity index (χ4n) is 1.56. The summed E-state index contributed by atoms with van der Waals surface area (Å²) in [5.74, 6) is 0.736. The molecule has 0 saturated carbocycles. The lowest BCUT2D eigenvalue weighted by molar-refractivity contribution is -0.119. The summed E-state index contributed by atoms with van der Waals surface area (Å²) >= 11 is 0. The van der Waals surface area contributed by atoms with Crippen molar-refractivity contribution in [2.45, 2.75) is 33.6 Å². The molecule has 0 spiro atoms. The minimum Gasteiger partial charge on any atom is -0.299 e. The van der Waals surface area contributed by atoms with E-state index in [0.29, 0.717) is 24.5 Å². The fraction of sp³-hybridized carbons (Fsp3) is 0.636. The van der Waals surface area contributed by atoms with E-state index < -0.39 is 0 Å². The molecule has 78 valence electrons. The van der Waals surface area contributed by atoms with E-state index in [-0.39, 0.29) is 0 Å². The third-order valence-electron chi connectivity index (χ3n) is 2.11. The Morgan fingerprint density at radius 2 is 2.21 bits per heavy atom. The van der Waals surface area contributed by atoms with Gasteiger partial charge in [0.25, 0.3) is 0 Å². The topological polar surface area (TPSA) is 34.9 Å². The molecule has 0 bridgehead atoms. The molecule has 0 saturated heterocycles. The minimum atomic E-state index is 0.294. The van der Waals surface area contributed by atoms with Crippen molar-refractivity contribution in [3.05, 3.63) is 17.5 Å². The van der Waals surface area contributed by atoms with Gasteiger partial charge in [0.05, 0.1) is 5.69 Å². The van der Waals surface area contributed by atoms with E-state index >= 15 is 0 Å². The summed E-state index contributed by atoms with van der Waals surface area (Å²) in [5.41, 5.74) is 1.98. The first kappa shape index (κ1) is 11.0. The number of aryl methyl sites for hydroxylation is 2. The molecule has 0 aliphatic carbocycles. The molecule has 0 atom stereocenters. The van der Waals surface area contributed by atoms with Crippen LogP contribution in [0.1, 0.15) is 31.7 Å². The number of hydrogen-bond acceptors (Lipinski definition) is 2. The van der Waals surface area contributed by atoms with Crippen molar-refractivity contribution in [3.63, 3.8) is 0 Å². The molecule has 0 amide bonds. The average molecular weight is 194 g/mol. The van der Waals surface area contributed by atoms with Crippen molar-refractivity contribution >= 4 is 5.78 Å². The van der Waals surface area contributed by atoms with Crippen LogP contribution in [0.25, 0.3) is 0 Å². The predicted octanol–water partition coefficient (Wildman–Crippen LogP) is 1.89. The number of Topliss-reactive ketones (excluding diaryl/α,β-unsaturated/α-hetero) is 1. The zero-order chi connectivity index (χ0) is 10.7. The molecule has 0 fully saturated rings. The Morgan fingerprint density at radius 1 is 1.57 bits per heavy atom. The molecule has 3 heteroatoms. The van der Waals surface area contributed by atoms with Gasteiger partial charge in [0, 0.05) is 25.6 Å². The molecule has 14 heavy (non-hydrogen) atoms. The maximum Gasteiger partial charge on any atom is 0.139 e. The molecule has 1 rings (SSSR count). The van der Waals surface area contributed by atoms with Gasteiger partial charge in [-0.3, -0.25) is 9.48 Å². The molecule has 1 aromatic rings. The standard InChI is InChI=1S/C11H18N2O/c1-8(2)5-11(14)7-10-6-9(3)12-13(10)4/h6,8H,5,7H2,1-4H3. The van der Waals surface area contributed by atoms with Crippen LogP contribution in [0, 0.1) is 12.8 Å². The highest BCUT2D eigenvalue weighted by molar-refractivity contribution is 5.80. The normalized spacial score (nSPS) is 10.9. The number of carbonyl (C=O) groups is 1. The van der Waals surface area contributed by atoms with Gasteiger partial charge >= 0.3 is 0 Å². The van der Waals surface area contributed by atoms with Crippen LogP contribution in [-0.4, -0.2) is 15.6 Å². The van der Waals surface area contributed by atoms with Crippen molar-refractivity contribution in [2.24, 2.45) is 13.0 Å². The average Bonchev–Trinajstić information content (AvgIpc) is 2.28. The number of rotatable bonds is 4. The van der Waals surface area contributed by atoms with Gasteiger partial charge in [0.2, 0.25) is 0 Å². The van der Waals surface area contributed by atoms with E-state index in [9.17, 15) is 4.79 Å². The van der Waals surface area contributed by atoms with Crippen LogP contribution < -0.4 is 0 Å². The Bertz CT molecular complexity index is 326. The summed E-state index contributed by atoms with van der Waals surface area (Å²) in [6.07, 6.45) is 1.17. The van der Waals surface area contributed by atoms with Crippen LogP contribution in [0.15, 0.2) is 6.07 Å². The maximum absolute atomic E-state index is 11.5. The highest BCUT2D eigenvalue weighted by Gasteiger charge is 2.09. The van der Waals surface area contributed by atoms with Gasteiger partial charge in [-0.1, -0.05) is 13.8 Å². The zero-order valence-corrected chi connectivity index (χ0v) is 9.37. The van der Waals surface area contributed by atoms with Gasteiger partial charge in [-0.15, -0.1) is 0 Å².